The molecule has 26 heavy (non-hydrogen) atoms. The van der Waals surface area contributed by atoms with Crippen molar-refractivity contribution in [1.82, 2.24) is 20.5 Å². The first-order valence-electron chi connectivity index (χ1n) is 9.01. The van der Waals surface area contributed by atoms with Gasteiger partial charge in [0.1, 0.15) is 5.76 Å². The molecule has 0 saturated carbocycles. The number of nitrogens with one attached hydrogen (secondary N) is 2. The molecule has 0 radical (unpaired) electrons. The van der Waals surface area contributed by atoms with Crippen LogP contribution in [0.5, 0.6) is 0 Å². The minimum absolute atomic E-state index is 0.227. The molecule has 1 atom stereocenters. The summed E-state index contributed by atoms with van der Waals surface area (Å²) >= 11 is 1.65. The molecule has 0 aromatic carbocycles. The molecule has 2 N–H and O–H groups in total. The summed E-state index contributed by atoms with van der Waals surface area (Å²) in [6, 6.07) is 4.24. The maximum absolute atomic E-state index is 5.67. The van der Waals surface area contributed by atoms with Crippen molar-refractivity contribution in [3.63, 3.8) is 0 Å². The average Bonchev–Trinajstić information content (AvgIpc) is 3.40. The summed E-state index contributed by atoms with van der Waals surface area (Å²) in [6.45, 7) is 3.64. The molecule has 3 rings (SSSR count). The molecule has 8 heteroatoms. The lowest BCUT2D eigenvalue weighted by molar-refractivity contribution is 0.215. The zero-order valence-corrected chi connectivity index (χ0v) is 16.6. The van der Waals surface area contributed by atoms with Crippen molar-refractivity contribution < 1.29 is 4.42 Å². The van der Waals surface area contributed by atoms with Crippen molar-refractivity contribution >= 4 is 22.4 Å². The quantitative estimate of drug-likeness (QED) is 0.571. The van der Waals surface area contributed by atoms with Gasteiger partial charge in [-0.05, 0) is 38.1 Å². The zero-order valence-electron chi connectivity index (χ0n) is 15.7. The second-order valence-electron chi connectivity index (χ2n) is 6.60. The summed E-state index contributed by atoms with van der Waals surface area (Å²) in [4.78, 5) is 13.4. The first-order valence-corrected chi connectivity index (χ1v) is 9.89. The Morgan fingerprint density at radius 2 is 2.19 bits per heavy atom. The molecular formula is C18H28N6OS. The van der Waals surface area contributed by atoms with Gasteiger partial charge in [-0.3, -0.25) is 9.89 Å². The van der Waals surface area contributed by atoms with Crippen molar-refractivity contribution in [3.8, 4) is 0 Å². The van der Waals surface area contributed by atoms with Crippen LogP contribution in [0.3, 0.4) is 0 Å². The Kier molecular flexibility index (Phi) is 6.51. The monoisotopic (exact) mass is 376 g/mol. The first kappa shape index (κ1) is 18.7. The third-order valence-electron chi connectivity index (χ3n) is 4.50. The molecule has 1 aliphatic rings. The average molecular weight is 377 g/mol. The zero-order chi connectivity index (χ0) is 18.4. The van der Waals surface area contributed by atoms with Crippen LogP contribution in [-0.2, 0) is 6.54 Å². The number of aliphatic imine (C=N–C) groups is 1. The van der Waals surface area contributed by atoms with Crippen LogP contribution < -0.4 is 15.5 Å². The van der Waals surface area contributed by atoms with Gasteiger partial charge in [0.15, 0.2) is 11.1 Å². The fourth-order valence-corrected chi connectivity index (χ4v) is 3.87. The minimum Gasteiger partial charge on any atom is -0.468 e. The van der Waals surface area contributed by atoms with E-state index in [0.717, 1.165) is 42.2 Å². The van der Waals surface area contributed by atoms with Gasteiger partial charge in [-0.1, -0.05) is 0 Å². The van der Waals surface area contributed by atoms with E-state index in [-0.39, 0.29) is 6.04 Å². The molecule has 142 valence electrons. The van der Waals surface area contributed by atoms with Crippen LogP contribution in [0.4, 0.5) is 5.13 Å². The third kappa shape index (κ3) is 4.76. The van der Waals surface area contributed by atoms with E-state index >= 15 is 0 Å². The topological polar surface area (TPSA) is 68.9 Å². The molecule has 7 nitrogen and oxygen atoms in total. The molecule has 0 spiro atoms. The van der Waals surface area contributed by atoms with E-state index < -0.39 is 0 Å². The maximum atomic E-state index is 5.67. The van der Waals surface area contributed by atoms with Crippen molar-refractivity contribution in [3.05, 3.63) is 35.2 Å². The third-order valence-corrected chi connectivity index (χ3v) is 5.56. The second kappa shape index (κ2) is 9.05. The summed E-state index contributed by atoms with van der Waals surface area (Å²) in [5.41, 5.74) is 1.02. The number of nitrogens with zero attached hydrogens (tertiary/aromatic N) is 4. The van der Waals surface area contributed by atoms with E-state index in [0.29, 0.717) is 6.54 Å². The Balaban J connectivity index is 1.54. The van der Waals surface area contributed by atoms with Crippen LogP contribution in [0.2, 0.25) is 0 Å². The van der Waals surface area contributed by atoms with Gasteiger partial charge in [-0.15, -0.1) is 11.3 Å². The van der Waals surface area contributed by atoms with Crippen LogP contribution in [0.25, 0.3) is 0 Å². The van der Waals surface area contributed by atoms with Crippen LogP contribution >= 0.6 is 11.3 Å². The van der Waals surface area contributed by atoms with E-state index in [1.807, 2.05) is 25.1 Å². The normalized spacial score (nSPS) is 16.7. The molecule has 0 amide bonds. The van der Waals surface area contributed by atoms with Gasteiger partial charge in [0.05, 0.1) is 24.5 Å². The fraction of sp³-hybridized carbons (Fsp3) is 0.556. The number of hydrogen-bond acceptors (Lipinski definition) is 6. The van der Waals surface area contributed by atoms with E-state index in [1.165, 1.54) is 12.8 Å². The predicted octanol–water partition coefficient (Wildman–Crippen LogP) is 2.30. The lowest BCUT2D eigenvalue weighted by atomic mass is 10.2. The standard InChI is InChI=1S/C18H28N6OS/c1-19-17(20-11-14-13-26-18(22-14)23(2)3)21-12-15(16-7-6-10-25-16)24-8-4-5-9-24/h6-7,10,13,15H,4-5,8-9,11-12H2,1-3H3,(H2,19,20,21). The smallest absolute Gasteiger partial charge is 0.191 e. The lowest BCUT2D eigenvalue weighted by Crippen LogP contribution is -2.42. The van der Waals surface area contributed by atoms with Crippen molar-refractivity contribution in [2.45, 2.75) is 25.4 Å². The number of likely N-dealkylation sites (tertiary alicyclic amines) is 1. The van der Waals surface area contributed by atoms with Crippen LogP contribution in [0, 0.1) is 0 Å². The van der Waals surface area contributed by atoms with Crippen molar-refractivity contribution in [2.24, 2.45) is 4.99 Å². The second-order valence-corrected chi connectivity index (χ2v) is 7.43. The first-order chi connectivity index (χ1) is 12.7. The Hall–Kier alpha value is -2.06. The summed E-state index contributed by atoms with van der Waals surface area (Å²) < 4.78 is 5.67. The molecule has 2 aromatic rings. The number of furan rings is 1. The van der Waals surface area contributed by atoms with Crippen LogP contribution in [0.15, 0.2) is 33.2 Å². The van der Waals surface area contributed by atoms with Gasteiger partial charge < -0.3 is 20.0 Å². The Bertz CT molecular complexity index is 690. The molecule has 1 aliphatic heterocycles. The van der Waals surface area contributed by atoms with E-state index in [4.69, 9.17) is 4.42 Å². The molecule has 0 bridgehead atoms. The molecular weight excluding hydrogens is 348 g/mol. The van der Waals surface area contributed by atoms with E-state index in [9.17, 15) is 0 Å². The lowest BCUT2D eigenvalue weighted by Gasteiger charge is -2.26. The summed E-state index contributed by atoms with van der Waals surface area (Å²) in [7, 11) is 5.80. The van der Waals surface area contributed by atoms with Crippen molar-refractivity contribution in [1.29, 1.82) is 0 Å². The summed E-state index contributed by atoms with van der Waals surface area (Å²) in [5, 5.41) is 9.87. The number of rotatable bonds is 7. The molecule has 1 unspecified atom stereocenters. The number of anilines is 1. The summed E-state index contributed by atoms with van der Waals surface area (Å²) in [6.07, 6.45) is 4.25. The van der Waals surface area contributed by atoms with Gasteiger partial charge in [0.25, 0.3) is 0 Å². The van der Waals surface area contributed by atoms with Gasteiger partial charge in [-0.2, -0.15) is 0 Å². The number of guanidine groups is 1. The van der Waals surface area contributed by atoms with Crippen LogP contribution in [-0.4, -0.2) is 56.6 Å². The molecule has 1 saturated heterocycles. The summed E-state index contributed by atoms with van der Waals surface area (Å²) in [5.74, 6) is 1.78. The largest absolute Gasteiger partial charge is 0.468 e. The highest BCUT2D eigenvalue weighted by molar-refractivity contribution is 7.13. The fourth-order valence-electron chi connectivity index (χ4n) is 3.11. The molecule has 1 fully saturated rings. The minimum atomic E-state index is 0.227. The predicted molar refractivity (Wildman–Crippen MR) is 107 cm³/mol. The van der Waals surface area contributed by atoms with Crippen LogP contribution in [0.1, 0.15) is 30.3 Å². The number of hydrogen-bond donors (Lipinski definition) is 2. The van der Waals surface area contributed by atoms with Gasteiger partial charge in [-0.25, -0.2) is 4.98 Å². The number of aromatic nitrogens is 1. The van der Waals surface area contributed by atoms with Crippen molar-refractivity contribution in [2.75, 3.05) is 45.7 Å². The highest BCUT2D eigenvalue weighted by Gasteiger charge is 2.25. The molecule has 0 aliphatic carbocycles. The SMILES string of the molecule is CN=C(NCc1csc(N(C)C)n1)NCC(c1ccco1)N1CCCC1. The Morgan fingerprint density at radius 3 is 2.81 bits per heavy atom. The highest BCUT2D eigenvalue weighted by Crippen LogP contribution is 2.24. The number of thiazole rings is 1. The maximum Gasteiger partial charge on any atom is 0.191 e. The Morgan fingerprint density at radius 1 is 1.38 bits per heavy atom. The van der Waals surface area contributed by atoms with E-state index in [1.54, 1.807) is 24.6 Å². The van der Waals surface area contributed by atoms with Gasteiger partial charge in [0, 0.05) is 33.1 Å². The Labute approximate surface area is 159 Å². The highest BCUT2D eigenvalue weighted by atomic mass is 32.1. The molecule has 3 heterocycles. The van der Waals surface area contributed by atoms with Gasteiger partial charge in [0.2, 0.25) is 0 Å². The van der Waals surface area contributed by atoms with E-state index in [2.05, 4.69) is 37.0 Å². The molecule has 2 aromatic heterocycles. The van der Waals surface area contributed by atoms with Gasteiger partial charge >= 0.3 is 0 Å².